The number of hydrogen-bond acceptors (Lipinski definition) is 6. The molecule has 2 heterocycles. The van der Waals surface area contributed by atoms with Crippen LogP contribution in [0.3, 0.4) is 0 Å². The van der Waals surface area contributed by atoms with Gasteiger partial charge in [-0.2, -0.15) is 0 Å². The van der Waals surface area contributed by atoms with Crippen molar-refractivity contribution in [2.75, 3.05) is 18.5 Å². The lowest BCUT2D eigenvalue weighted by Crippen LogP contribution is -2.30. The minimum atomic E-state index is -0.935. The molecular formula is C19H19ClN2O5. The largest absolute Gasteiger partial charge is 0.486 e. The van der Waals surface area contributed by atoms with Gasteiger partial charge in [0.2, 0.25) is 0 Å². The SMILES string of the molecule is C[C@H](OC(=O)CCc1ccc2c(c1)OCCO2)C(=O)Nc1ccc(Cl)cn1. The number of esters is 1. The van der Waals surface area contributed by atoms with Crippen molar-refractivity contribution in [1.82, 2.24) is 4.98 Å². The third-order valence-corrected chi connectivity index (χ3v) is 4.10. The molecule has 1 N–H and O–H groups in total. The molecule has 1 aromatic carbocycles. The Morgan fingerprint density at radius 2 is 2.00 bits per heavy atom. The van der Waals surface area contributed by atoms with Gasteiger partial charge in [-0.15, -0.1) is 0 Å². The van der Waals surface area contributed by atoms with Crippen LogP contribution in [0.1, 0.15) is 18.9 Å². The zero-order valence-corrected chi connectivity index (χ0v) is 15.5. The van der Waals surface area contributed by atoms with Crippen molar-refractivity contribution in [1.29, 1.82) is 0 Å². The van der Waals surface area contributed by atoms with Gasteiger partial charge in [-0.05, 0) is 43.2 Å². The molecule has 27 heavy (non-hydrogen) atoms. The van der Waals surface area contributed by atoms with E-state index in [2.05, 4.69) is 10.3 Å². The molecule has 8 heteroatoms. The Hall–Kier alpha value is -2.80. The predicted molar refractivity (Wildman–Crippen MR) is 99.2 cm³/mol. The Morgan fingerprint density at radius 1 is 1.22 bits per heavy atom. The average molecular weight is 391 g/mol. The molecule has 3 rings (SSSR count). The Morgan fingerprint density at radius 3 is 2.74 bits per heavy atom. The number of benzene rings is 1. The number of amides is 1. The molecule has 142 valence electrons. The van der Waals surface area contributed by atoms with Crippen LogP contribution in [0.4, 0.5) is 5.82 Å². The Balaban J connectivity index is 1.47. The summed E-state index contributed by atoms with van der Waals surface area (Å²) in [4.78, 5) is 28.1. The Labute approximate surface area is 161 Å². The van der Waals surface area contributed by atoms with Gasteiger partial charge in [0.15, 0.2) is 17.6 Å². The first-order valence-electron chi connectivity index (χ1n) is 8.51. The van der Waals surface area contributed by atoms with Gasteiger partial charge in [-0.1, -0.05) is 17.7 Å². The number of ether oxygens (including phenoxy) is 3. The zero-order chi connectivity index (χ0) is 19.2. The van der Waals surface area contributed by atoms with Crippen LogP contribution in [0.25, 0.3) is 0 Å². The summed E-state index contributed by atoms with van der Waals surface area (Å²) in [7, 11) is 0. The number of fused-ring (bicyclic) bond motifs is 1. The summed E-state index contributed by atoms with van der Waals surface area (Å²) in [5.41, 5.74) is 0.929. The van der Waals surface area contributed by atoms with E-state index in [1.54, 1.807) is 12.1 Å². The van der Waals surface area contributed by atoms with E-state index in [1.165, 1.54) is 13.1 Å². The molecule has 0 saturated carbocycles. The molecule has 0 bridgehead atoms. The van der Waals surface area contributed by atoms with Gasteiger partial charge >= 0.3 is 5.97 Å². The van der Waals surface area contributed by atoms with Gasteiger partial charge in [0.05, 0.1) is 5.02 Å². The highest BCUT2D eigenvalue weighted by atomic mass is 35.5. The highest BCUT2D eigenvalue weighted by Crippen LogP contribution is 2.31. The molecule has 0 radical (unpaired) electrons. The van der Waals surface area contributed by atoms with Crippen molar-refractivity contribution in [3.8, 4) is 11.5 Å². The third kappa shape index (κ3) is 5.34. The number of halogens is 1. The lowest BCUT2D eigenvalue weighted by molar-refractivity contribution is -0.153. The standard InChI is InChI=1S/C19H19ClN2O5/c1-12(19(24)22-17-6-4-14(20)11-21-17)27-18(23)7-3-13-2-5-15-16(10-13)26-9-8-25-15/h2,4-6,10-12H,3,7-9H2,1H3,(H,21,22,24)/t12-/m0/s1. The second-order valence-electron chi connectivity index (χ2n) is 5.96. The molecule has 0 fully saturated rings. The number of nitrogens with zero attached hydrogens (tertiary/aromatic N) is 1. The van der Waals surface area contributed by atoms with E-state index in [0.29, 0.717) is 42.0 Å². The first kappa shape index (κ1) is 19.0. The summed E-state index contributed by atoms with van der Waals surface area (Å²) in [6.45, 7) is 2.55. The topological polar surface area (TPSA) is 86.8 Å². The highest BCUT2D eigenvalue weighted by molar-refractivity contribution is 6.30. The summed E-state index contributed by atoms with van der Waals surface area (Å²) >= 11 is 5.74. The summed E-state index contributed by atoms with van der Waals surface area (Å²) in [5, 5.41) is 3.03. The Bertz CT molecular complexity index is 825. The predicted octanol–water partition coefficient (Wildman–Crippen LogP) is 3.01. The number of hydrogen-bond donors (Lipinski definition) is 1. The van der Waals surface area contributed by atoms with Gasteiger partial charge in [0, 0.05) is 12.6 Å². The van der Waals surface area contributed by atoms with Crippen molar-refractivity contribution in [2.24, 2.45) is 0 Å². The Kier molecular flexibility index (Phi) is 6.13. The molecule has 1 amide bonds. The van der Waals surface area contributed by atoms with Crippen LogP contribution in [-0.2, 0) is 20.7 Å². The number of rotatable bonds is 6. The van der Waals surface area contributed by atoms with Crippen molar-refractivity contribution in [3.63, 3.8) is 0 Å². The van der Waals surface area contributed by atoms with Gasteiger partial charge in [0.25, 0.3) is 5.91 Å². The minimum absolute atomic E-state index is 0.149. The average Bonchev–Trinajstić information content (AvgIpc) is 2.68. The van der Waals surface area contributed by atoms with E-state index in [1.807, 2.05) is 18.2 Å². The van der Waals surface area contributed by atoms with E-state index < -0.39 is 18.0 Å². The first-order valence-corrected chi connectivity index (χ1v) is 8.89. The molecule has 0 unspecified atom stereocenters. The van der Waals surface area contributed by atoms with Crippen molar-refractivity contribution >= 4 is 29.3 Å². The van der Waals surface area contributed by atoms with Gasteiger partial charge in [-0.25, -0.2) is 4.98 Å². The van der Waals surface area contributed by atoms with E-state index in [-0.39, 0.29) is 6.42 Å². The number of carbonyl (C=O) groups is 2. The number of anilines is 1. The normalized spacial score (nSPS) is 13.6. The van der Waals surface area contributed by atoms with Crippen LogP contribution < -0.4 is 14.8 Å². The van der Waals surface area contributed by atoms with Gasteiger partial charge in [0.1, 0.15) is 19.0 Å². The second-order valence-corrected chi connectivity index (χ2v) is 6.40. The van der Waals surface area contributed by atoms with Crippen molar-refractivity contribution < 1.29 is 23.8 Å². The summed E-state index contributed by atoms with van der Waals surface area (Å²) in [6, 6.07) is 8.72. The molecule has 1 aliphatic heterocycles. The van der Waals surface area contributed by atoms with Crippen LogP contribution >= 0.6 is 11.6 Å². The zero-order valence-electron chi connectivity index (χ0n) is 14.7. The maximum Gasteiger partial charge on any atom is 0.306 e. The number of nitrogens with one attached hydrogen (secondary N) is 1. The lowest BCUT2D eigenvalue weighted by Gasteiger charge is -2.19. The summed E-state index contributed by atoms with van der Waals surface area (Å²) in [5.74, 6) is 0.793. The monoisotopic (exact) mass is 390 g/mol. The highest BCUT2D eigenvalue weighted by Gasteiger charge is 2.19. The van der Waals surface area contributed by atoms with Crippen LogP contribution in [0.15, 0.2) is 36.5 Å². The quantitative estimate of drug-likeness (QED) is 0.763. The van der Waals surface area contributed by atoms with Crippen LogP contribution in [0.2, 0.25) is 5.02 Å². The van der Waals surface area contributed by atoms with Gasteiger partial charge in [-0.3, -0.25) is 9.59 Å². The van der Waals surface area contributed by atoms with Crippen molar-refractivity contribution in [2.45, 2.75) is 25.9 Å². The van der Waals surface area contributed by atoms with E-state index >= 15 is 0 Å². The lowest BCUT2D eigenvalue weighted by atomic mass is 10.1. The molecule has 1 aliphatic rings. The molecule has 0 saturated heterocycles. The fourth-order valence-corrected chi connectivity index (χ4v) is 2.59. The fraction of sp³-hybridized carbons (Fsp3) is 0.316. The fourth-order valence-electron chi connectivity index (χ4n) is 2.48. The summed E-state index contributed by atoms with van der Waals surface area (Å²) in [6.07, 6.45) is 1.11. The van der Waals surface area contributed by atoms with Crippen LogP contribution in [0, 0.1) is 0 Å². The number of aromatic nitrogens is 1. The second kappa shape index (κ2) is 8.73. The smallest absolute Gasteiger partial charge is 0.306 e. The maximum atomic E-state index is 12.1. The summed E-state index contributed by atoms with van der Waals surface area (Å²) < 4.78 is 16.2. The van der Waals surface area contributed by atoms with Gasteiger partial charge < -0.3 is 19.5 Å². The van der Waals surface area contributed by atoms with E-state index in [4.69, 9.17) is 25.8 Å². The molecule has 7 nitrogen and oxygen atoms in total. The van der Waals surface area contributed by atoms with E-state index in [0.717, 1.165) is 5.56 Å². The minimum Gasteiger partial charge on any atom is -0.486 e. The number of carbonyl (C=O) groups excluding carboxylic acids is 2. The van der Waals surface area contributed by atoms with E-state index in [9.17, 15) is 9.59 Å². The molecule has 2 aromatic rings. The maximum absolute atomic E-state index is 12.1. The molecule has 1 aromatic heterocycles. The molecule has 0 aliphatic carbocycles. The molecule has 0 spiro atoms. The van der Waals surface area contributed by atoms with Crippen molar-refractivity contribution in [3.05, 3.63) is 47.1 Å². The molecular weight excluding hydrogens is 372 g/mol. The number of aryl methyl sites for hydroxylation is 1. The van der Waals surface area contributed by atoms with Crippen LogP contribution in [0.5, 0.6) is 11.5 Å². The first-order chi connectivity index (χ1) is 13.0. The number of pyridine rings is 1. The third-order valence-electron chi connectivity index (χ3n) is 3.88. The molecule has 1 atom stereocenters. The van der Waals surface area contributed by atoms with Crippen LogP contribution in [-0.4, -0.2) is 36.2 Å².